The van der Waals surface area contributed by atoms with E-state index < -0.39 is 0 Å². The quantitative estimate of drug-likeness (QED) is 0.828. The summed E-state index contributed by atoms with van der Waals surface area (Å²) in [6, 6.07) is 1.89. The molecular weight excluding hydrogens is 250 g/mol. The molecule has 1 N–H and O–H groups in total. The Balaban J connectivity index is 2.04. The maximum atomic E-state index is 5.75. The highest BCUT2D eigenvalue weighted by Crippen LogP contribution is 2.28. The van der Waals surface area contributed by atoms with E-state index in [0.29, 0.717) is 18.0 Å². The molecule has 0 atom stereocenters. The fourth-order valence-electron chi connectivity index (χ4n) is 2.81. The molecule has 0 spiro atoms. The molecule has 1 aromatic rings. The van der Waals surface area contributed by atoms with Gasteiger partial charge in [-0.1, -0.05) is 40.5 Å². The largest absolute Gasteiger partial charge is 0.432 e. The Kier molecular flexibility index (Phi) is 5.46. The molecule has 0 saturated heterocycles. The first-order chi connectivity index (χ1) is 9.56. The second-order valence-corrected chi connectivity index (χ2v) is 6.64. The lowest BCUT2D eigenvalue weighted by molar-refractivity contribution is 0.463. The molecule has 1 fully saturated rings. The van der Waals surface area contributed by atoms with Gasteiger partial charge < -0.3 is 14.6 Å². The summed E-state index contributed by atoms with van der Waals surface area (Å²) in [5, 5.41) is 3.38. The third-order valence-corrected chi connectivity index (χ3v) is 3.80. The zero-order valence-electron chi connectivity index (χ0n) is 13.4. The standard InChI is InChI=1S/C16H29N3O/c1-12(2)10-19(15-7-5-6-8-15)16-18-14(11-20-16)9-17-13(3)4/h11-13,15,17H,5-10H2,1-4H3. The highest BCUT2D eigenvalue weighted by molar-refractivity contribution is 5.29. The Morgan fingerprint density at radius 1 is 1.30 bits per heavy atom. The molecular formula is C16H29N3O. The van der Waals surface area contributed by atoms with Gasteiger partial charge in [-0.25, -0.2) is 0 Å². The van der Waals surface area contributed by atoms with Crippen molar-refractivity contribution in [3.63, 3.8) is 0 Å². The molecule has 0 radical (unpaired) electrons. The molecule has 1 heterocycles. The van der Waals surface area contributed by atoms with Crippen LogP contribution < -0.4 is 10.2 Å². The van der Waals surface area contributed by atoms with Crippen molar-refractivity contribution in [1.29, 1.82) is 0 Å². The first-order valence-electron chi connectivity index (χ1n) is 8.00. The molecule has 4 nitrogen and oxygen atoms in total. The molecule has 1 saturated carbocycles. The average molecular weight is 279 g/mol. The molecule has 0 amide bonds. The zero-order valence-corrected chi connectivity index (χ0v) is 13.4. The summed E-state index contributed by atoms with van der Waals surface area (Å²) in [4.78, 5) is 7.06. The van der Waals surface area contributed by atoms with E-state index in [1.54, 1.807) is 6.26 Å². The number of nitrogens with zero attached hydrogens (tertiary/aromatic N) is 2. The fourth-order valence-corrected chi connectivity index (χ4v) is 2.81. The minimum absolute atomic E-state index is 0.469. The Hall–Kier alpha value is -1.03. The van der Waals surface area contributed by atoms with Crippen LogP contribution in [0.25, 0.3) is 0 Å². The Labute approximate surface area is 122 Å². The van der Waals surface area contributed by atoms with E-state index in [2.05, 4.69) is 42.9 Å². The molecule has 0 aliphatic heterocycles. The van der Waals surface area contributed by atoms with Crippen molar-refractivity contribution in [3.8, 4) is 0 Å². The molecule has 0 aromatic carbocycles. The van der Waals surface area contributed by atoms with Crippen molar-refractivity contribution in [1.82, 2.24) is 10.3 Å². The third-order valence-electron chi connectivity index (χ3n) is 3.80. The van der Waals surface area contributed by atoms with Gasteiger partial charge in [0, 0.05) is 25.2 Å². The summed E-state index contributed by atoms with van der Waals surface area (Å²) in [5.74, 6) is 0.625. The van der Waals surface area contributed by atoms with Gasteiger partial charge in [0.15, 0.2) is 0 Å². The molecule has 1 aliphatic carbocycles. The van der Waals surface area contributed by atoms with Crippen molar-refractivity contribution in [2.24, 2.45) is 5.92 Å². The van der Waals surface area contributed by atoms with Crippen LogP contribution in [-0.2, 0) is 6.54 Å². The highest BCUT2D eigenvalue weighted by atomic mass is 16.4. The summed E-state index contributed by atoms with van der Waals surface area (Å²) in [6.07, 6.45) is 7.01. The van der Waals surface area contributed by atoms with Gasteiger partial charge in [0.2, 0.25) is 0 Å². The molecule has 4 heteroatoms. The normalized spacial score (nSPS) is 16.5. The van der Waals surface area contributed by atoms with Crippen LogP contribution in [0, 0.1) is 5.92 Å². The maximum Gasteiger partial charge on any atom is 0.297 e. The number of aromatic nitrogens is 1. The van der Waals surface area contributed by atoms with Gasteiger partial charge in [0.05, 0.1) is 5.69 Å². The summed E-state index contributed by atoms with van der Waals surface area (Å²) >= 11 is 0. The number of hydrogen-bond acceptors (Lipinski definition) is 4. The first-order valence-corrected chi connectivity index (χ1v) is 8.00. The monoisotopic (exact) mass is 279 g/mol. The molecule has 0 bridgehead atoms. The van der Waals surface area contributed by atoms with Crippen molar-refractivity contribution >= 4 is 6.01 Å². The summed E-state index contributed by atoms with van der Waals surface area (Å²) in [5.41, 5.74) is 1.00. The predicted molar refractivity (Wildman–Crippen MR) is 82.9 cm³/mol. The molecule has 20 heavy (non-hydrogen) atoms. The lowest BCUT2D eigenvalue weighted by Gasteiger charge is -2.28. The van der Waals surface area contributed by atoms with Gasteiger partial charge in [-0.2, -0.15) is 4.98 Å². The summed E-state index contributed by atoms with van der Waals surface area (Å²) in [6.45, 7) is 10.6. The molecule has 1 aromatic heterocycles. The zero-order chi connectivity index (χ0) is 14.5. The van der Waals surface area contributed by atoms with E-state index in [1.807, 2.05) is 0 Å². The Morgan fingerprint density at radius 2 is 2.00 bits per heavy atom. The van der Waals surface area contributed by atoms with E-state index in [0.717, 1.165) is 24.8 Å². The van der Waals surface area contributed by atoms with Crippen molar-refractivity contribution < 1.29 is 4.42 Å². The van der Waals surface area contributed by atoms with Crippen LogP contribution in [-0.4, -0.2) is 23.6 Å². The highest BCUT2D eigenvalue weighted by Gasteiger charge is 2.26. The van der Waals surface area contributed by atoms with Gasteiger partial charge in [0.1, 0.15) is 6.26 Å². The number of nitrogens with one attached hydrogen (secondary N) is 1. The molecule has 1 aliphatic rings. The smallest absolute Gasteiger partial charge is 0.297 e. The van der Waals surface area contributed by atoms with E-state index in [4.69, 9.17) is 4.42 Å². The fraction of sp³-hybridized carbons (Fsp3) is 0.812. The van der Waals surface area contributed by atoms with Crippen LogP contribution in [0.2, 0.25) is 0 Å². The second-order valence-electron chi connectivity index (χ2n) is 6.64. The van der Waals surface area contributed by atoms with E-state index in [9.17, 15) is 0 Å². The number of hydrogen-bond donors (Lipinski definition) is 1. The Morgan fingerprint density at radius 3 is 2.60 bits per heavy atom. The maximum absolute atomic E-state index is 5.75. The van der Waals surface area contributed by atoms with Crippen LogP contribution in [0.15, 0.2) is 10.7 Å². The van der Waals surface area contributed by atoms with Crippen molar-refractivity contribution in [2.45, 2.75) is 72.0 Å². The van der Waals surface area contributed by atoms with Crippen LogP contribution in [0.3, 0.4) is 0 Å². The van der Waals surface area contributed by atoms with Gasteiger partial charge in [-0.05, 0) is 18.8 Å². The predicted octanol–water partition coefficient (Wildman–Crippen LogP) is 3.58. The van der Waals surface area contributed by atoms with Crippen LogP contribution in [0.5, 0.6) is 0 Å². The van der Waals surface area contributed by atoms with E-state index >= 15 is 0 Å². The first kappa shape index (κ1) is 15.4. The summed E-state index contributed by atoms with van der Waals surface area (Å²) < 4.78 is 5.75. The molecule has 2 rings (SSSR count). The van der Waals surface area contributed by atoms with E-state index in [-0.39, 0.29) is 0 Å². The van der Waals surface area contributed by atoms with Crippen LogP contribution in [0.1, 0.15) is 59.1 Å². The number of rotatable bonds is 7. The van der Waals surface area contributed by atoms with Gasteiger partial charge >= 0.3 is 0 Å². The number of oxazole rings is 1. The van der Waals surface area contributed by atoms with Crippen LogP contribution in [0.4, 0.5) is 6.01 Å². The van der Waals surface area contributed by atoms with E-state index in [1.165, 1.54) is 25.7 Å². The number of anilines is 1. The minimum Gasteiger partial charge on any atom is -0.432 e. The third kappa shape index (κ3) is 4.23. The lowest BCUT2D eigenvalue weighted by Crippen LogP contribution is -2.36. The Bertz CT molecular complexity index is 394. The average Bonchev–Trinajstić information content (AvgIpc) is 3.05. The second kappa shape index (κ2) is 7.11. The van der Waals surface area contributed by atoms with Gasteiger partial charge in [-0.15, -0.1) is 0 Å². The van der Waals surface area contributed by atoms with Crippen molar-refractivity contribution in [2.75, 3.05) is 11.4 Å². The lowest BCUT2D eigenvalue weighted by atomic mass is 10.1. The van der Waals surface area contributed by atoms with Gasteiger partial charge in [-0.3, -0.25) is 0 Å². The van der Waals surface area contributed by atoms with Crippen LogP contribution >= 0.6 is 0 Å². The minimum atomic E-state index is 0.469. The summed E-state index contributed by atoms with van der Waals surface area (Å²) in [7, 11) is 0. The topological polar surface area (TPSA) is 41.3 Å². The van der Waals surface area contributed by atoms with Crippen molar-refractivity contribution in [3.05, 3.63) is 12.0 Å². The SMILES string of the molecule is CC(C)CN(c1nc(CNC(C)C)co1)C1CCCC1. The molecule has 0 unspecified atom stereocenters. The van der Waals surface area contributed by atoms with Gasteiger partial charge in [0.25, 0.3) is 6.01 Å². The molecule has 114 valence electrons.